The quantitative estimate of drug-likeness (QED) is 0.484. The topological polar surface area (TPSA) is 111 Å². The van der Waals surface area contributed by atoms with Crippen LogP contribution < -0.4 is 20.4 Å². The molecule has 0 atom stereocenters. The van der Waals surface area contributed by atoms with Crippen LogP contribution >= 0.6 is 0 Å². The molecule has 0 aliphatic heterocycles. The van der Waals surface area contributed by atoms with Gasteiger partial charge in [0, 0.05) is 28.9 Å². The van der Waals surface area contributed by atoms with E-state index in [0.29, 0.717) is 28.0 Å². The first-order chi connectivity index (χ1) is 13.8. The number of benzene rings is 2. The summed E-state index contributed by atoms with van der Waals surface area (Å²) in [6.07, 6.45) is 1.09. The Kier molecular flexibility index (Phi) is 4.59. The first kappa shape index (κ1) is 18.8. The zero-order chi connectivity index (χ0) is 20.6. The second-order valence-electron chi connectivity index (χ2n) is 6.42. The van der Waals surface area contributed by atoms with Crippen LogP contribution in [0.5, 0.6) is 5.75 Å². The van der Waals surface area contributed by atoms with Gasteiger partial charge in [-0.05, 0) is 42.5 Å². The number of fused-ring (bicyclic) bond motifs is 2. The molecule has 0 aliphatic carbocycles. The lowest BCUT2D eigenvalue weighted by molar-refractivity contribution is 0.415. The molecule has 2 heterocycles. The number of methoxy groups -OCH3 is 1. The molecule has 4 aromatic rings. The average Bonchev–Trinajstić information content (AvgIpc) is 2.67. The summed E-state index contributed by atoms with van der Waals surface area (Å²) in [4.78, 5) is 16.1. The van der Waals surface area contributed by atoms with Gasteiger partial charge in [0.15, 0.2) is 0 Å². The van der Waals surface area contributed by atoms with Crippen LogP contribution in [0.15, 0.2) is 63.8 Å². The van der Waals surface area contributed by atoms with E-state index in [9.17, 15) is 13.2 Å². The van der Waals surface area contributed by atoms with E-state index in [-0.39, 0.29) is 5.71 Å². The Morgan fingerprint density at radius 2 is 1.66 bits per heavy atom. The fourth-order valence-electron chi connectivity index (χ4n) is 2.99. The number of pyridine rings is 1. The van der Waals surface area contributed by atoms with E-state index < -0.39 is 15.6 Å². The highest BCUT2D eigenvalue weighted by Gasteiger charge is 2.13. The van der Waals surface area contributed by atoms with Crippen LogP contribution in [0.4, 0.5) is 17.1 Å². The van der Waals surface area contributed by atoms with Crippen molar-refractivity contribution >= 4 is 49.1 Å². The maximum atomic E-state index is 11.7. The van der Waals surface area contributed by atoms with Gasteiger partial charge in [0.05, 0.1) is 30.0 Å². The van der Waals surface area contributed by atoms with Crippen LogP contribution in [0.2, 0.25) is 0 Å². The van der Waals surface area contributed by atoms with Gasteiger partial charge in [-0.2, -0.15) is 0 Å². The normalized spacial score (nSPS) is 11.5. The molecule has 9 heteroatoms. The summed E-state index contributed by atoms with van der Waals surface area (Å²) in [5, 5.41) is 4.77. The second kappa shape index (κ2) is 7.10. The predicted molar refractivity (Wildman–Crippen MR) is 113 cm³/mol. The van der Waals surface area contributed by atoms with Gasteiger partial charge in [-0.3, -0.25) is 4.72 Å². The molecule has 0 unspecified atom stereocenters. The van der Waals surface area contributed by atoms with E-state index in [2.05, 4.69) is 15.0 Å². The first-order valence-electron chi connectivity index (χ1n) is 8.59. The fourth-order valence-corrected chi connectivity index (χ4v) is 3.56. The standard InChI is InChI=1S/C20H17N3O5S/c1-27-14-7-8-15-17(11-14)22-20-16(9-10-18(24)28-20)19(15)21-12-3-5-13(6-4-12)23-29(2,25)26/h3-11,23H,1-2H3,(H,21,22). The van der Waals surface area contributed by atoms with Crippen LogP contribution in [0.3, 0.4) is 0 Å². The minimum absolute atomic E-state index is 0.205. The van der Waals surface area contributed by atoms with Gasteiger partial charge in [-0.1, -0.05) is 0 Å². The number of nitrogens with zero attached hydrogens (tertiary/aromatic N) is 1. The maximum Gasteiger partial charge on any atom is 0.337 e. The fraction of sp³-hybridized carbons (Fsp3) is 0.100. The van der Waals surface area contributed by atoms with E-state index in [1.54, 1.807) is 43.5 Å². The van der Waals surface area contributed by atoms with Crippen molar-refractivity contribution < 1.29 is 17.6 Å². The molecular weight excluding hydrogens is 394 g/mol. The molecule has 8 nitrogen and oxygen atoms in total. The monoisotopic (exact) mass is 411 g/mol. The van der Waals surface area contributed by atoms with Gasteiger partial charge >= 0.3 is 5.63 Å². The SMILES string of the molecule is COc1ccc2c(Nc3ccc(NS(C)(=O)=O)cc3)c3ccc(=O)oc3nc2c1. The van der Waals surface area contributed by atoms with Crippen molar-refractivity contribution in [2.75, 3.05) is 23.4 Å². The summed E-state index contributed by atoms with van der Waals surface area (Å²) in [6.45, 7) is 0. The van der Waals surface area contributed by atoms with Crippen LogP contribution in [-0.4, -0.2) is 26.8 Å². The van der Waals surface area contributed by atoms with E-state index in [1.165, 1.54) is 6.07 Å². The number of hydrogen-bond donors (Lipinski definition) is 2. The van der Waals surface area contributed by atoms with Crippen molar-refractivity contribution in [1.29, 1.82) is 0 Å². The zero-order valence-corrected chi connectivity index (χ0v) is 16.4. The molecular formula is C20H17N3O5S. The number of ether oxygens (including phenoxy) is 1. The smallest absolute Gasteiger partial charge is 0.337 e. The van der Waals surface area contributed by atoms with Crippen molar-refractivity contribution in [2.24, 2.45) is 0 Å². The maximum absolute atomic E-state index is 11.7. The lowest BCUT2D eigenvalue weighted by atomic mass is 10.1. The Morgan fingerprint density at radius 1 is 0.966 bits per heavy atom. The number of sulfonamides is 1. The van der Waals surface area contributed by atoms with Crippen molar-refractivity contribution in [1.82, 2.24) is 4.98 Å². The highest BCUT2D eigenvalue weighted by molar-refractivity contribution is 7.92. The molecule has 0 fully saturated rings. The third kappa shape index (κ3) is 3.99. The number of hydrogen-bond acceptors (Lipinski definition) is 7. The number of aromatic nitrogens is 1. The minimum atomic E-state index is -3.35. The highest BCUT2D eigenvalue weighted by atomic mass is 32.2. The molecule has 0 aliphatic rings. The van der Waals surface area contributed by atoms with Gasteiger partial charge in [0.25, 0.3) is 0 Å². The largest absolute Gasteiger partial charge is 0.497 e. The summed E-state index contributed by atoms with van der Waals surface area (Å²) in [5.41, 5.74) is 2.20. The van der Waals surface area contributed by atoms with Crippen molar-refractivity contribution in [2.45, 2.75) is 0 Å². The van der Waals surface area contributed by atoms with Gasteiger partial charge in [-0.25, -0.2) is 18.2 Å². The lowest BCUT2D eigenvalue weighted by Crippen LogP contribution is -2.09. The van der Waals surface area contributed by atoms with Crippen LogP contribution in [0.25, 0.3) is 22.0 Å². The Hall–Kier alpha value is -3.59. The third-order valence-electron chi connectivity index (χ3n) is 4.24. The Balaban J connectivity index is 1.83. The van der Waals surface area contributed by atoms with Gasteiger partial charge in [0.2, 0.25) is 15.7 Å². The molecule has 2 N–H and O–H groups in total. The number of anilines is 3. The van der Waals surface area contributed by atoms with Crippen molar-refractivity contribution in [3.63, 3.8) is 0 Å². The molecule has 148 valence electrons. The Labute approximate surface area is 166 Å². The lowest BCUT2D eigenvalue weighted by Gasteiger charge is -2.13. The van der Waals surface area contributed by atoms with Crippen LogP contribution in [0.1, 0.15) is 0 Å². The Morgan fingerprint density at radius 3 is 2.34 bits per heavy atom. The molecule has 0 spiro atoms. The first-order valence-corrected chi connectivity index (χ1v) is 10.5. The molecule has 4 rings (SSSR count). The van der Waals surface area contributed by atoms with E-state index >= 15 is 0 Å². The van der Waals surface area contributed by atoms with Gasteiger partial charge < -0.3 is 14.5 Å². The van der Waals surface area contributed by atoms with E-state index in [1.807, 2.05) is 12.1 Å². The Bertz CT molecular complexity index is 1380. The predicted octanol–water partition coefficient (Wildman–Crippen LogP) is 3.46. The second-order valence-corrected chi connectivity index (χ2v) is 8.17. The van der Waals surface area contributed by atoms with Gasteiger partial charge in [0.1, 0.15) is 5.75 Å². The molecule has 0 saturated carbocycles. The number of rotatable bonds is 5. The molecule has 0 amide bonds. The third-order valence-corrected chi connectivity index (χ3v) is 4.84. The van der Waals surface area contributed by atoms with Gasteiger partial charge in [-0.15, -0.1) is 0 Å². The summed E-state index contributed by atoms with van der Waals surface area (Å²) < 4.78 is 35.7. The molecule has 29 heavy (non-hydrogen) atoms. The molecule has 0 radical (unpaired) electrons. The molecule has 2 aromatic carbocycles. The molecule has 2 aromatic heterocycles. The molecule has 0 bridgehead atoms. The van der Waals surface area contributed by atoms with Crippen LogP contribution in [0, 0.1) is 0 Å². The van der Waals surface area contributed by atoms with E-state index in [4.69, 9.17) is 9.15 Å². The summed E-state index contributed by atoms with van der Waals surface area (Å²) in [7, 11) is -1.79. The van der Waals surface area contributed by atoms with Crippen molar-refractivity contribution in [3.8, 4) is 5.75 Å². The summed E-state index contributed by atoms with van der Waals surface area (Å²) in [6, 6.07) is 15.2. The average molecular weight is 411 g/mol. The van der Waals surface area contributed by atoms with Crippen molar-refractivity contribution in [3.05, 3.63) is 65.0 Å². The summed E-state index contributed by atoms with van der Waals surface area (Å²) in [5.74, 6) is 0.629. The molecule has 0 saturated heterocycles. The zero-order valence-electron chi connectivity index (χ0n) is 15.6. The highest BCUT2D eigenvalue weighted by Crippen LogP contribution is 2.34. The minimum Gasteiger partial charge on any atom is -0.497 e. The number of nitrogens with one attached hydrogen (secondary N) is 2. The van der Waals surface area contributed by atoms with Crippen LogP contribution in [-0.2, 0) is 10.0 Å². The summed E-state index contributed by atoms with van der Waals surface area (Å²) >= 11 is 0. The van der Waals surface area contributed by atoms with E-state index in [0.717, 1.165) is 17.3 Å².